The van der Waals surface area contributed by atoms with E-state index in [-0.39, 0.29) is 5.41 Å². The van der Waals surface area contributed by atoms with Gasteiger partial charge in [0.15, 0.2) is 23.2 Å². The van der Waals surface area contributed by atoms with Gasteiger partial charge in [0.1, 0.15) is 11.2 Å². The summed E-state index contributed by atoms with van der Waals surface area (Å²) >= 11 is 0. The van der Waals surface area contributed by atoms with Crippen molar-refractivity contribution < 1.29 is 4.42 Å². The molecule has 70 heavy (non-hydrogen) atoms. The second-order valence-electron chi connectivity index (χ2n) is 18.1. The van der Waals surface area contributed by atoms with Crippen molar-refractivity contribution in [3.05, 3.63) is 264 Å². The molecule has 2 aromatic heterocycles. The van der Waals surface area contributed by atoms with Crippen LogP contribution in [0, 0.1) is 6.57 Å². The Kier molecular flexibility index (Phi) is 8.80. The zero-order valence-electron chi connectivity index (χ0n) is 37.6. The Hall–Kier alpha value is -9.50. The van der Waals surface area contributed by atoms with Gasteiger partial charge in [0.2, 0.25) is 0 Å². The van der Waals surface area contributed by atoms with Crippen molar-refractivity contribution in [2.75, 3.05) is 0 Å². The third-order valence-electron chi connectivity index (χ3n) is 14.4. The summed E-state index contributed by atoms with van der Waals surface area (Å²) in [5, 5.41) is 1.78. The van der Waals surface area contributed by atoms with Crippen LogP contribution in [0.15, 0.2) is 235 Å². The Morgan fingerprint density at radius 3 is 1.44 bits per heavy atom. The maximum absolute atomic E-state index is 7.61. The molecule has 0 unspecified atom stereocenters. The van der Waals surface area contributed by atoms with Crippen molar-refractivity contribution in [2.45, 2.75) is 5.41 Å². The van der Waals surface area contributed by atoms with E-state index in [1.807, 2.05) is 60.7 Å². The van der Waals surface area contributed by atoms with Crippen LogP contribution < -0.4 is 0 Å². The fraction of sp³-hybridized carbons (Fsp3) is 0.0154. The van der Waals surface area contributed by atoms with Crippen LogP contribution in [0.3, 0.4) is 0 Å². The molecular weight excluding hydrogens is 853 g/mol. The molecule has 0 atom stereocenters. The summed E-state index contributed by atoms with van der Waals surface area (Å²) in [5.74, 6) is 1.61. The predicted octanol–water partition coefficient (Wildman–Crippen LogP) is 16.7. The highest BCUT2D eigenvalue weighted by atomic mass is 16.3. The van der Waals surface area contributed by atoms with Crippen LogP contribution >= 0.6 is 0 Å². The van der Waals surface area contributed by atoms with Crippen LogP contribution in [-0.2, 0) is 5.41 Å². The number of para-hydroxylation sites is 1. The van der Waals surface area contributed by atoms with Gasteiger partial charge in [-0.05, 0) is 102 Å². The normalized spacial score (nSPS) is 12.7. The molecule has 0 aliphatic heterocycles. The second-order valence-corrected chi connectivity index (χ2v) is 18.1. The second kappa shape index (κ2) is 15.5. The number of aromatic nitrogens is 3. The highest BCUT2D eigenvalue weighted by molar-refractivity contribution is 6.10. The van der Waals surface area contributed by atoms with Gasteiger partial charge in [-0.25, -0.2) is 19.8 Å². The van der Waals surface area contributed by atoms with E-state index in [9.17, 15) is 0 Å². The molecule has 14 rings (SSSR count). The summed E-state index contributed by atoms with van der Waals surface area (Å²) in [5.41, 5.74) is 21.3. The van der Waals surface area contributed by atoms with Gasteiger partial charge >= 0.3 is 0 Å². The van der Waals surface area contributed by atoms with Crippen molar-refractivity contribution in [1.29, 1.82) is 0 Å². The minimum atomic E-state index is -0.382. The first kappa shape index (κ1) is 39.6. The molecule has 2 aliphatic rings. The summed E-state index contributed by atoms with van der Waals surface area (Å²) in [6, 6.07) is 81.4. The minimum absolute atomic E-state index is 0.382. The van der Waals surface area contributed by atoms with Gasteiger partial charge in [-0.1, -0.05) is 206 Å². The van der Waals surface area contributed by atoms with Gasteiger partial charge in [0.05, 0.1) is 17.6 Å². The van der Waals surface area contributed by atoms with E-state index in [0.717, 1.165) is 49.7 Å². The Morgan fingerprint density at radius 1 is 0.329 bits per heavy atom. The number of benzene rings is 10. The van der Waals surface area contributed by atoms with Gasteiger partial charge < -0.3 is 4.42 Å². The van der Waals surface area contributed by atoms with Crippen molar-refractivity contribution in [2.24, 2.45) is 0 Å². The van der Waals surface area contributed by atoms with Crippen LogP contribution in [0.5, 0.6) is 0 Å². The van der Waals surface area contributed by atoms with E-state index in [1.165, 1.54) is 55.6 Å². The number of hydrogen-bond acceptors (Lipinski definition) is 4. The van der Waals surface area contributed by atoms with Gasteiger partial charge in [-0.15, -0.1) is 0 Å². The zero-order chi connectivity index (χ0) is 46.3. The molecule has 2 aliphatic carbocycles. The number of nitrogens with zero attached hydrogens (tertiary/aromatic N) is 4. The minimum Gasteiger partial charge on any atom is -0.455 e. The molecule has 1 spiro atoms. The molecule has 0 fully saturated rings. The van der Waals surface area contributed by atoms with E-state index in [0.29, 0.717) is 34.3 Å². The summed E-state index contributed by atoms with van der Waals surface area (Å²) in [4.78, 5) is 19.2. The maximum atomic E-state index is 7.61. The van der Waals surface area contributed by atoms with Crippen LogP contribution in [-0.4, -0.2) is 15.0 Å². The fourth-order valence-corrected chi connectivity index (χ4v) is 11.3. The topological polar surface area (TPSA) is 56.2 Å². The van der Waals surface area contributed by atoms with Crippen molar-refractivity contribution in [3.8, 4) is 89.8 Å². The van der Waals surface area contributed by atoms with Crippen molar-refractivity contribution >= 4 is 27.6 Å². The number of fused-ring (bicyclic) bond motifs is 13. The van der Waals surface area contributed by atoms with Crippen LogP contribution in [0.4, 0.5) is 5.69 Å². The first-order valence-electron chi connectivity index (χ1n) is 23.5. The Balaban J connectivity index is 0.840. The fourth-order valence-electron chi connectivity index (χ4n) is 11.3. The Bertz CT molecular complexity index is 4060. The molecular formula is C65H38N4O. The largest absolute Gasteiger partial charge is 0.455 e. The van der Waals surface area contributed by atoms with Gasteiger partial charge in [0, 0.05) is 21.9 Å². The number of furan rings is 1. The lowest BCUT2D eigenvalue weighted by Crippen LogP contribution is -2.25. The maximum Gasteiger partial charge on any atom is 0.188 e. The molecule has 0 radical (unpaired) electrons. The van der Waals surface area contributed by atoms with Crippen LogP contribution in [0.25, 0.3) is 117 Å². The molecule has 0 N–H and O–H groups in total. The standard InChI is InChI=1S/C65H38N4O/c1-66-46-35-37-60-55(39-46)52-21-13-22-54(61(52)70-60)64-68-62(67-63(69-64)53-20-6-5-16-47(53)43-14-3-2-4-15-43)44-32-30-41(31-33-44)40-26-28-42(29-27-40)45-34-36-51-50-19-9-12-25-58(50)65(59(51)38-45)56-23-10-7-17-48(56)49-18-8-11-24-57(49)65/h2-39H. The Labute approximate surface area is 404 Å². The molecule has 324 valence electrons. The molecule has 0 saturated heterocycles. The quantitative estimate of drug-likeness (QED) is 0.156. The van der Waals surface area contributed by atoms with E-state index < -0.39 is 0 Å². The zero-order valence-corrected chi connectivity index (χ0v) is 37.6. The molecule has 12 aromatic rings. The molecule has 0 saturated carbocycles. The van der Waals surface area contributed by atoms with E-state index in [2.05, 4.69) is 169 Å². The average Bonchev–Trinajstić information content (AvgIpc) is 4.07. The van der Waals surface area contributed by atoms with Gasteiger partial charge in [-0.3, -0.25) is 0 Å². The third kappa shape index (κ3) is 5.94. The summed E-state index contributed by atoms with van der Waals surface area (Å²) < 4.78 is 6.50. The van der Waals surface area contributed by atoms with E-state index in [1.54, 1.807) is 6.07 Å². The lowest BCUT2D eigenvalue weighted by molar-refractivity contribution is 0.669. The predicted molar refractivity (Wildman–Crippen MR) is 282 cm³/mol. The first-order chi connectivity index (χ1) is 34.6. The lowest BCUT2D eigenvalue weighted by atomic mass is 9.70. The lowest BCUT2D eigenvalue weighted by Gasteiger charge is -2.30. The highest BCUT2D eigenvalue weighted by Gasteiger charge is 2.51. The number of rotatable bonds is 6. The van der Waals surface area contributed by atoms with Crippen molar-refractivity contribution in [1.82, 2.24) is 15.0 Å². The Morgan fingerprint density at radius 2 is 0.814 bits per heavy atom. The molecule has 10 aromatic carbocycles. The van der Waals surface area contributed by atoms with Crippen LogP contribution in [0.2, 0.25) is 0 Å². The molecule has 0 amide bonds. The molecule has 5 nitrogen and oxygen atoms in total. The van der Waals surface area contributed by atoms with Gasteiger partial charge in [0.25, 0.3) is 0 Å². The van der Waals surface area contributed by atoms with Crippen molar-refractivity contribution in [3.63, 3.8) is 0 Å². The summed E-state index contributed by atoms with van der Waals surface area (Å²) in [7, 11) is 0. The summed E-state index contributed by atoms with van der Waals surface area (Å²) in [6.07, 6.45) is 0. The smallest absolute Gasteiger partial charge is 0.188 e. The SMILES string of the molecule is [C-]#[N+]c1ccc2oc3c(-c4nc(-c5ccc(-c6ccc(-c7ccc8c(c7)C7(c9ccccc9-c9ccccc97)c7ccccc7-8)cc6)cc5)nc(-c5ccccc5-c5ccccc5)n4)cccc3c2c1. The monoisotopic (exact) mass is 890 g/mol. The average molecular weight is 891 g/mol. The van der Waals surface area contributed by atoms with E-state index >= 15 is 0 Å². The molecule has 5 heteroatoms. The molecule has 0 bridgehead atoms. The first-order valence-corrected chi connectivity index (χ1v) is 23.5. The van der Waals surface area contributed by atoms with Gasteiger partial charge in [-0.2, -0.15) is 0 Å². The number of hydrogen-bond donors (Lipinski definition) is 0. The van der Waals surface area contributed by atoms with Crippen LogP contribution in [0.1, 0.15) is 22.3 Å². The summed E-state index contributed by atoms with van der Waals surface area (Å²) in [6.45, 7) is 7.61. The molecule has 2 heterocycles. The highest BCUT2D eigenvalue weighted by Crippen LogP contribution is 2.63. The van der Waals surface area contributed by atoms with E-state index in [4.69, 9.17) is 25.9 Å². The third-order valence-corrected chi connectivity index (χ3v) is 14.4.